The first-order valence-electron chi connectivity index (χ1n) is 20.5. The molecule has 4 heterocycles. The molecule has 0 saturated carbocycles. The Hall–Kier alpha value is -5.41. The van der Waals surface area contributed by atoms with Crippen LogP contribution < -0.4 is 15.1 Å². The van der Waals surface area contributed by atoms with Crippen molar-refractivity contribution in [2.45, 2.75) is 64.5 Å². The molecule has 3 amide bonds. The van der Waals surface area contributed by atoms with Gasteiger partial charge in [0.2, 0.25) is 11.8 Å². The van der Waals surface area contributed by atoms with Crippen LogP contribution in [0, 0.1) is 12.8 Å². The highest BCUT2D eigenvalue weighted by Crippen LogP contribution is 2.41. The molecule has 9 nitrogen and oxygen atoms in total. The third-order valence-corrected chi connectivity index (χ3v) is 12.8. The van der Waals surface area contributed by atoms with Gasteiger partial charge in [0.15, 0.2) is 0 Å². The molecule has 1 atom stereocenters. The minimum Gasteiger partial charge on any atom is -0.508 e. The summed E-state index contributed by atoms with van der Waals surface area (Å²) in [5, 5.41) is 12.7. The first-order valence-corrected chi connectivity index (χ1v) is 20.5. The van der Waals surface area contributed by atoms with Crippen molar-refractivity contribution in [1.82, 2.24) is 15.1 Å². The molecule has 1 aliphatic carbocycles. The number of piperidine rings is 2. The molecule has 5 aliphatic rings. The third-order valence-electron chi connectivity index (χ3n) is 12.8. The van der Waals surface area contributed by atoms with Crippen LogP contribution >= 0.6 is 0 Å². The predicted molar refractivity (Wildman–Crippen MR) is 221 cm³/mol. The van der Waals surface area contributed by atoms with Gasteiger partial charge in [-0.1, -0.05) is 48.0 Å². The third kappa shape index (κ3) is 7.20. The van der Waals surface area contributed by atoms with Crippen LogP contribution in [0.25, 0.3) is 11.1 Å². The molecule has 0 aromatic heterocycles. The number of nitrogens with zero attached hydrogens (tertiary/aromatic N) is 4. The highest BCUT2D eigenvalue weighted by Gasteiger charge is 2.39. The number of phenolic OH excluding ortho intramolecular Hbond substituents is 1. The molecule has 3 fully saturated rings. The second kappa shape index (κ2) is 15.3. The van der Waals surface area contributed by atoms with Gasteiger partial charge >= 0.3 is 0 Å². The summed E-state index contributed by atoms with van der Waals surface area (Å²) in [6, 6.07) is 29.5. The van der Waals surface area contributed by atoms with E-state index in [1.54, 1.807) is 4.90 Å². The van der Waals surface area contributed by atoms with Gasteiger partial charge in [-0.3, -0.25) is 24.6 Å². The summed E-state index contributed by atoms with van der Waals surface area (Å²) in [6.45, 7) is 9.73. The number of allylic oxidation sites excluding steroid dienone is 1. The Morgan fingerprint density at radius 1 is 0.679 bits per heavy atom. The van der Waals surface area contributed by atoms with E-state index >= 15 is 0 Å². The molecule has 4 aromatic rings. The average Bonchev–Trinajstić information content (AvgIpc) is 3.41. The van der Waals surface area contributed by atoms with E-state index in [9.17, 15) is 19.5 Å². The summed E-state index contributed by atoms with van der Waals surface area (Å²) in [7, 11) is 0. The van der Waals surface area contributed by atoms with Crippen molar-refractivity contribution in [2.75, 3.05) is 55.6 Å². The van der Waals surface area contributed by atoms with Gasteiger partial charge in [0.25, 0.3) is 5.91 Å². The van der Waals surface area contributed by atoms with Crippen LogP contribution in [-0.2, 0) is 22.6 Å². The van der Waals surface area contributed by atoms with Crippen LogP contribution in [0.1, 0.15) is 82.3 Å². The molecule has 0 radical (unpaired) electrons. The van der Waals surface area contributed by atoms with Crippen molar-refractivity contribution in [3.8, 4) is 5.75 Å². The Labute approximate surface area is 329 Å². The smallest absolute Gasteiger partial charge is 0.255 e. The van der Waals surface area contributed by atoms with Gasteiger partial charge in [-0.25, -0.2) is 0 Å². The molecule has 9 heteroatoms. The zero-order chi connectivity index (χ0) is 38.3. The number of benzene rings is 4. The first-order chi connectivity index (χ1) is 27.3. The highest BCUT2D eigenvalue weighted by atomic mass is 16.3. The fourth-order valence-corrected chi connectivity index (χ4v) is 9.67. The molecule has 288 valence electrons. The Morgan fingerprint density at radius 3 is 2.12 bits per heavy atom. The van der Waals surface area contributed by atoms with E-state index < -0.39 is 6.04 Å². The number of amides is 3. The maximum Gasteiger partial charge on any atom is 0.255 e. The Kier molecular flexibility index (Phi) is 9.88. The Bertz CT molecular complexity index is 2180. The Balaban J connectivity index is 0.802. The number of carbonyl (C=O) groups is 3. The number of piperazine rings is 1. The van der Waals surface area contributed by atoms with Crippen molar-refractivity contribution in [3.63, 3.8) is 0 Å². The second-order valence-electron chi connectivity index (χ2n) is 16.4. The lowest BCUT2D eigenvalue weighted by atomic mass is 9.87. The molecule has 4 aliphatic heterocycles. The normalized spacial score (nSPS) is 20.9. The van der Waals surface area contributed by atoms with E-state index in [1.165, 1.54) is 57.5 Å². The van der Waals surface area contributed by atoms with Crippen LogP contribution in [0.2, 0.25) is 0 Å². The van der Waals surface area contributed by atoms with Gasteiger partial charge in [-0.2, -0.15) is 0 Å². The van der Waals surface area contributed by atoms with Crippen LogP contribution in [-0.4, -0.2) is 84.5 Å². The fraction of sp³-hybridized carbons (Fsp3) is 0.383. The zero-order valence-electron chi connectivity index (χ0n) is 32.3. The molecule has 4 aromatic carbocycles. The number of aromatic hydroxyl groups is 1. The standard InChI is InChI=1S/C47H51N5O4/c1-31-5-7-33(8-6-31)40-4-2-3-35-28-39(53)14-16-41(35)45(40)34-9-11-37(12-10-34)50-21-19-32(20-22-50)29-49-23-25-51(26-24-49)38-13-15-42-36(27-38)30-52(47(42)56)43-17-18-44(54)48-46(43)55/h5-16,27-28,32,43,53H,2-4,17-26,29-30H2,1H3,(H,48,54,55)/t43-/m1/s1. The van der Waals surface area contributed by atoms with Gasteiger partial charge in [0.05, 0.1) is 0 Å². The minimum absolute atomic E-state index is 0.123. The number of hydrogen-bond acceptors (Lipinski definition) is 7. The van der Waals surface area contributed by atoms with Gasteiger partial charge in [0.1, 0.15) is 11.8 Å². The van der Waals surface area contributed by atoms with Crippen LogP contribution in [0.3, 0.4) is 0 Å². The number of anilines is 2. The molecule has 3 saturated heterocycles. The minimum atomic E-state index is -0.588. The van der Waals surface area contributed by atoms with Crippen molar-refractivity contribution >= 4 is 40.2 Å². The van der Waals surface area contributed by atoms with Crippen LogP contribution in [0.4, 0.5) is 11.4 Å². The summed E-state index contributed by atoms with van der Waals surface area (Å²) in [6.07, 6.45) is 6.02. The zero-order valence-corrected chi connectivity index (χ0v) is 32.3. The highest BCUT2D eigenvalue weighted by molar-refractivity contribution is 6.05. The van der Waals surface area contributed by atoms with E-state index in [0.29, 0.717) is 30.2 Å². The maximum absolute atomic E-state index is 13.2. The number of hydrogen-bond donors (Lipinski definition) is 2. The number of fused-ring (bicyclic) bond motifs is 2. The van der Waals surface area contributed by atoms with E-state index in [1.807, 2.05) is 24.3 Å². The summed E-state index contributed by atoms with van der Waals surface area (Å²) in [5.74, 6) is 0.255. The lowest BCUT2D eigenvalue weighted by Gasteiger charge is -2.40. The topological polar surface area (TPSA) is 96.4 Å². The van der Waals surface area contributed by atoms with E-state index in [0.717, 1.165) is 76.3 Å². The number of imide groups is 1. The quantitative estimate of drug-likeness (QED) is 0.201. The monoisotopic (exact) mass is 749 g/mol. The largest absolute Gasteiger partial charge is 0.508 e. The predicted octanol–water partition coefficient (Wildman–Crippen LogP) is 6.80. The lowest BCUT2D eigenvalue weighted by molar-refractivity contribution is -0.136. The van der Waals surface area contributed by atoms with Gasteiger partial charge < -0.3 is 19.8 Å². The summed E-state index contributed by atoms with van der Waals surface area (Å²) < 4.78 is 0. The van der Waals surface area contributed by atoms with E-state index in [4.69, 9.17) is 0 Å². The van der Waals surface area contributed by atoms with Gasteiger partial charge in [0, 0.05) is 75.7 Å². The Morgan fingerprint density at radius 2 is 1.38 bits per heavy atom. The van der Waals surface area contributed by atoms with Crippen molar-refractivity contribution in [1.29, 1.82) is 0 Å². The summed E-state index contributed by atoms with van der Waals surface area (Å²) in [4.78, 5) is 46.5. The first kappa shape index (κ1) is 36.2. The molecule has 0 bridgehead atoms. The van der Waals surface area contributed by atoms with Crippen molar-refractivity contribution in [3.05, 3.63) is 124 Å². The molecule has 0 spiro atoms. The second-order valence-corrected chi connectivity index (χ2v) is 16.4. The molecular weight excluding hydrogens is 699 g/mol. The van der Waals surface area contributed by atoms with E-state index in [-0.39, 0.29) is 24.1 Å². The summed E-state index contributed by atoms with van der Waals surface area (Å²) >= 11 is 0. The van der Waals surface area contributed by atoms with Crippen LogP contribution in [0.5, 0.6) is 5.75 Å². The van der Waals surface area contributed by atoms with Crippen molar-refractivity contribution < 1.29 is 19.5 Å². The molecule has 0 unspecified atom stereocenters. The van der Waals surface area contributed by atoms with Gasteiger partial charge in [-0.15, -0.1) is 0 Å². The van der Waals surface area contributed by atoms with Gasteiger partial charge in [-0.05, 0) is 133 Å². The SMILES string of the molecule is Cc1ccc(C2=C(c3ccc(N4CCC(CN5CCN(c6ccc7c(c6)CN([C@@H]6CCC(=O)NC6=O)C7=O)CC5)CC4)cc3)c3ccc(O)cc3CCC2)cc1. The van der Waals surface area contributed by atoms with Crippen molar-refractivity contribution in [2.24, 2.45) is 5.92 Å². The molecule has 2 N–H and O–H groups in total. The average molecular weight is 750 g/mol. The number of aryl methyl sites for hydroxylation is 2. The number of phenols is 1. The number of carbonyl (C=O) groups excluding carboxylic acids is 3. The summed E-state index contributed by atoms with van der Waals surface area (Å²) in [5.41, 5.74) is 12.9. The van der Waals surface area contributed by atoms with Crippen LogP contribution in [0.15, 0.2) is 84.9 Å². The maximum atomic E-state index is 13.2. The fourth-order valence-electron chi connectivity index (χ4n) is 9.67. The van der Waals surface area contributed by atoms with E-state index in [2.05, 4.69) is 87.6 Å². The molecular formula is C47H51N5O4. The molecule has 9 rings (SSSR count). The number of rotatable bonds is 7. The molecule has 56 heavy (non-hydrogen) atoms. The number of nitrogens with one attached hydrogen (secondary N) is 1. The lowest BCUT2D eigenvalue weighted by Crippen LogP contribution is -2.52.